The van der Waals surface area contributed by atoms with Gasteiger partial charge in [-0.1, -0.05) is 18.2 Å². The molecule has 8 heteroatoms. The minimum Gasteiger partial charge on any atom is -0.452 e. The van der Waals surface area contributed by atoms with Crippen LogP contribution in [-0.2, 0) is 16.1 Å². The van der Waals surface area contributed by atoms with E-state index in [1.165, 1.54) is 35.6 Å². The first-order chi connectivity index (χ1) is 14.0. The molecule has 3 rings (SSSR count). The minimum atomic E-state index is -0.655. The Hall–Kier alpha value is -3.52. The average Bonchev–Trinajstić information content (AvgIpc) is 3.27. The molecule has 2 N–H and O–H groups in total. The Morgan fingerprint density at radius 1 is 0.966 bits per heavy atom. The maximum Gasteiger partial charge on any atom is 0.338 e. The van der Waals surface area contributed by atoms with Crippen LogP contribution in [0.3, 0.4) is 0 Å². The van der Waals surface area contributed by atoms with Gasteiger partial charge in [-0.05, 0) is 53.4 Å². The lowest BCUT2D eigenvalue weighted by molar-refractivity contribution is -0.124. The fraction of sp³-hybridized carbons (Fsp3) is 0.0952. The van der Waals surface area contributed by atoms with Crippen LogP contribution in [-0.4, -0.2) is 24.4 Å². The number of hydrogen-bond donors (Lipinski definition) is 2. The van der Waals surface area contributed by atoms with E-state index in [0.717, 1.165) is 5.56 Å². The van der Waals surface area contributed by atoms with Gasteiger partial charge in [-0.2, -0.15) is 0 Å². The largest absolute Gasteiger partial charge is 0.452 e. The van der Waals surface area contributed by atoms with Crippen molar-refractivity contribution in [3.05, 3.63) is 87.9 Å². The minimum absolute atomic E-state index is 0.204. The molecule has 0 radical (unpaired) electrons. The number of carbonyl (C=O) groups excluding carboxylic acids is 3. The quantitative estimate of drug-likeness (QED) is 0.581. The number of benzene rings is 2. The SMILES string of the molecule is O=C(COC(=O)c1ccc(NC(=O)c2cccs2)cc1)NCc1ccc(F)cc1. The predicted octanol–water partition coefficient (Wildman–Crippen LogP) is 3.61. The lowest BCUT2D eigenvalue weighted by Gasteiger charge is -2.08. The van der Waals surface area contributed by atoms with Gasteiger partial charge in [0.05, 0.1) is 10.4 Å². The Labute approximate surface area is 170 Å². The van der Waals surface area contributed by atoms with Gasteiger partial charge in [0.2, 0.25) is 0 Å². The number of amides is 2. The Bertz CT molecular complexity index is 987. The summed E-state index contributed by atoms with van der Waals surface area (Å²) in [5.74, 6) is -1.71. The fourth-order valence-corrected chi connectivity index (χ4v) is 2.98. The summed E-state index contributed by atoms with van der Waals surface area (Å²) in [6.07, 6.45) is 0. The zero-order chi connectivity index (χ0) is 20.6. The molecule has 2 amide bonds. The van der Waals surface area contributed by atoms with Gasteiger partial charge in [0, 0.05) is 12.2 Å². The standard InChI is InChI=1S/C21H17FN2O4S/c22-16-7-3-14(4-8-16)12-23-19(25)13-28-21(27)15-5-9-17(10-6-15)24-20(26)18-2-1-11-29-18/h1-11H,12-13H2,(H,23,25)(H,24,26). The topological polar surface area (TPSA) is 84.5 Å². The normalized spacial score (nSPS) is 10.2. The number of hydrogen-bond acceptors (Lipinski definition) is 5. The lowest BCUT2D eigenvalue weighted by Crippen LogP contribution is -2.28. The van der Waals surface area contributed by atoms with Crippen molar-refractivity contribution in [2.24, 2.45) is 0 Å². The highest BCUT2D eigenvalue weighted by molar-refractivity contribution is 7.12. The molecule has 1 heterocycles. The van der Waals surface area contributed by atoms with Gasteiger partial charge in [0.1, 0.15) is 5.82 Å². The zero-order valence-corrected chi connectivity index (χ0v) is 16.0. The summed E-state index contributed by atoms with van der Waals surface area (Å²) in [5.41, 5.74) is 1.52. The predicted molar refractivity (Wildman–Crippen MR) is 107 cm³/mol. The van der Waals surface area contributed by atoms with Crippen molar-refractivity contribution in [2.75, 3.05) is 11.9 Å². The summed E-state index contributed by atoms with van der Waals surface area (Å²) < 4.78 is 17.8. The van der Waals surface area contributed by atoms with E-state index < -0.39 is 18.5 Å². The molecular formula is C21H17FN2O4S. The van der Waals surface area contributed by atoms with E-state index in [1.54, 1.807) is 36.4 Å². The number of ether oxygens (including phenoxy) is 1. The Balaban J connectivity index is 1.44. The van der Waals surface area contributed by atoms with Gasteiger partial charge in [-0.3, -0.25) is 9.59 Å². The molecule has 6 nitrogen and oxygen atoms in total. The number of thiophene rings is 1. The number of halogens is 1. The highest BCUT2D eigenvalue weighted by atomic mass is 32.1. The summed E-state index contributed by atoms with van der Waals surface area (Å²) in [5, 5.41) is 7.12. The second-order valence-corrected chi connectivity index (χ2v) is 6.94. The maximum absolute atomic E-state index is 12.8. The van der Waals surface area contributed by atoms with Gasteiger partial charge < -0.3 is 15.4 Å². The highest BCUT2D eigenvalue weighted by Gasteiger charge is 2.11. The molecular weight excluding hydrogens is 395 g/mol. The molecule has 2 aromatic carbocycles. The van der Waals surface area contributed by atoms with E-state index in [2.05, 4.69) is 10.6 Å². The van der Waals surface area contributed by atoms with Crippen LogP contribution in [0.4, 0.5) is 10.1 Å². The molecule has 0 bridgehead atoms. The molecule has 0 saturated carbocycles. The third-order valence-electron chi connectivity index (χ3n) is 3.86. The molecule has 0 fully saturated rings. The summed E-state index contributed by atoms with van der Waals surface area (Å²) in [7, 11) is 0. The molecule has 0 spiro atoms. The van der Waals surface area contributed by atoms with Gasteiger partial charge in [-0.15, -0.1) is 11.3 Å². The van der Waals surface area contributed by atoms with Gasteiger partial charge >= 0.3 is 5.97 Å². The Morgan fingerprint density at radius 2 is 1.69 bits per heavy atom. The second kappa shape index (κ2) is 9.61. The molecule has 148 valence electrons. The second-order valence-electron chi connectivity index (χ2n) is 5.99. The van der Waals surface area contributed by atoms with E-state index in [1.807, 2.05) is 5.38 Å². The van der Waals surface area contributed by atoms with Crippen LogP contribution in [0.15, 0.2) is 66.0 Å². The maximum atomic E-state index is 12.8. The number of anilines is 1. The van der Waals surface area contributed by atoms with E-state index in [4.69, 9.17) is 4.74 Å². The van der Waals surface area contributed by atoms with Gasteiger partial charge in [0.25, 0.3) is 11.8 Å². The molecule has 0 atom stereocenters. The Kier molecular flexibility index (Phi) is 6.70. The van der Waals surface area contributed by atoms with Crippen molar-refractivity contribution >= 4 is 34.8 Å². The van der Waals surface area contributed by atoms with E-state index in [9.17, 15) is 18.8 Å². The van der Waals surface area contributed by atoms with Crippen LogP contribution >= 0.6 is 11.3 Å². The van der Waals surface area contributed by atoms with Crippen molar-refractivity contribution in [1.82, 2.24) is 5.32 Å². The summed E-state index contributed by atoms with van der Waals surface area (Å²) in [6, 6.07) is 15.4. The number of rotatable bonds is 7. The van der Waals surface area contributed by atoms with Crippen LogP contribution in [0, 0.1) is 5.82 Å². The van der Waals surface area contributed by atoms with Crippen molar-refractivity contribution in [3.63, 3.8) is 0 Å². The molecule has 1 aromatic heterocycles. The van der Waals surface area contributed by atoms with Crippen molar-refractivity contribution < 1.29 is 23.5 Å². The monoisotopic (exact) mass is 412 g/mol. The van der Waals surface area contributed by atoms with Crippen molar-refractivity contribution in [3.8, 4) is 0 Å². The summed E-state index contributed by atoms with van der Waals surface area (Å²) in [6.45, 7) is -0.230. The highest BCUT2D eigenvalue weighted by Crippen LogP contribution is 2.14. The zero-order valence-electron chi connectivity index (χ0n) is 15.2. The van der Waals surface area contributed by atoms with Crippen LogP contribution in [0.1, 0.15) is 25.6 Å². The van der Waals surface area contributed by atoms with Crippen molar-refractivity contribution in [1.29, 1.82) is 0 Å². The molecule has 0 aliphatic carbocycles. The van der Waals surface area contributed by atoms with Gasteiger partial charge in [0.15, 0.2) is 6.61 Å². The number of esters is 1. The molecule has 3 aromatic rings. The van der Waals surface area contributed by atoms with Crippen LogP contribution in [0.2, 0.25) is 0 Å². The lowest BCUT2D eigenvalue weighted by atomic mass is 10.2. The van der Waals surface area contributed by atoms with Crippen molar-refractivity contribution in [2.45, 2.75) is 6.54 Å². The third-order valence-corrected chi connectivity index (χ3v) is 4.73. The summed E-state index contributed by atoms with van der Waals surface area (Å²) in [4.78, 5) is 36.4. The Morgan fingerprint density at radius 3 is 2.34 bits per heavy atom. The van der Waals surface area contributed by atoms with E-state index in [-0.39, 0.29) is 23.8 Å². The first-order valence-electron chi connectivity index (χ1n) is 8.64. The average molecular weight is 412 g/mol. The third kappa shape index (κ3) is 5.98. The molecule has 0 saturated heterocycles. The molecule has 0 aliphatic rings. The molecule has 0 unspecified atom stereocenters. The molecule has 29 heavy (non-hydrogen) atoms. The fourth-order valence-electron chi connectivity index (χ4n) is 2.36. The van der Waals surface area contributed by atoms with Crippen LogP contribution in [0.5, 0.6) is 0 Å². The smallest absolute Gasteiger partial charge is 0.338 e. The summed E-state index contributed by atoms with van der Waals surface area (Å²) >= 11 is 1.33. The number of carbonyl (C=O) groups is 3. The first kappa shape index (κ1) is 20.2. The number of nitrogens with one attached hydrogen (secondary N) is 2. The van der Waals surface area contributed by atoms with E-state index >= 15 is 0 Å². The van der Waals surface area contributed by atoms with Crippen LogP contribution < -0.4 is 10.6 Å². The molecule has 0 aliphatic heterocycles. The van der Waals surface area contributed by atoms with Crippen LogP contribution in [0.25, 0.3) is 0 Å². The first-order valence-corrected chi connectivity index (χ1v) is 9.52. The van der Waals surface area contributed by atoms with E-state index in [0.29, 0.717) is 10.6 Å². The van der Waals surface area contributed by atoms with Gasteiger partial charge in [-0.25, -0.2) is 9.18 Å².